The maximum Gasteiger partial charge on any atom is 0.123 e. The van der Waals surface area contributed by atoms with Gasteiger partial charge in [-0.25, -0.2) is 4.98 Å². The maximum absolute atomic E-state index is 5.81. The van der Waals surface area contributed by atoms with Crippen molar-refractivity contribution in [2.45, 2.75) is 13.1 Å². The topological polar surface area (TPSA) is 43.8 Å². The van der Waals surface area contributed by atoms with E-state index < -0.39 is 0 Å². The zero-order valence-electron chi connectivity index (χ0n) is 11.6. The van der Waals surface area contributed by atoms with Crippen LogP contribution in [-0.4, -0.2) is 9.55 Å². The third-order valence-electron chi connectivity index (χ3n) is 3.31. The van der Waals surface area contributed by atoms with E-state index >= 15 is 0 Å². The number of nitrogens with zero attached hydrogens (tertiary/aromatic N) is 2. The minimum atomic E-state index is 0. The third-order valence-corrected chi connectivity index (χ3v) is 3.31. The molecular formula is C17H18ClN3. The van der Waals surface area contributed by atoms with Gasteiger partial charge >= 0.3 is 0 Å². The first kappa shape index (κ1) is 15.3. The molecule has 0 radical (unpaired) electrons. The standard InChI is InChI=1S/C17H17N3.ClH/c18-11-17-19-16(15-9-5-2-6-10-15)13-20(17)12-14-7-3-1-4-8-14;/h1-10,13H,11-12,18H2;1H. The monoisotopic (exact) mass is 299 g/mol. The molecule has 0 unspecified atom stereocenters. The zero-order chi connectivity index (χ0) is 13.8. The normalized spacial score (nSPS) is 10.1. The average Bonchev–Trinajstić information content (AvgIpc) is 2.92. The highest BCUT2D eigenvalue weighted by atomic mass is 35.5. The Labute approximate surface area is 130 Å². The van der Waals surface area contributed by atoms with Gasteiger partial charge in [0.1, 0.15) is 5.82 Å². The SMILES string of the molecule is Cl.NCc1nc(-c2ccccc2)cn1Cc1ccccc1. The molecule has 0 fully saturated rings. The summed E-state index contributed by atoms with van der Waals surface area (Å²) in [6.07, 6.45) is 2.07. The first-order chi connectivity index (χ1) is 9.86. The van der Waals surface area contributed by atoms with Crippen molar-refractivity contribution in [2.75, 3.05) is 0 Å². The van der Waals surface area contributed by atoms with Crippen molar-refractivity contribution in [3.05, 3.63) is 78.2 Å². The lowest BCUT2D eigenvalue weighted by molar-refractivity contribution is 0.724. The van der Waals surface area contributed by atoms with Crippen LogP contribution in [0.4, 0.5) is 0 Å². The van der Waals surface area contributed by atoms with Gasteiger partial charge in [-0.3, -0.25) is 0 Å². The fourth-order valence-corrected chi connectivity index (χ4v) is 2.28. The number of hydrogen-bond donors (Lipinski definition) is 1. The van der Waals surface area contributed by atoms with Gasteiger partial charge in [0, 0.05) is 18.3 Å². The summed E-state index contributed by atoms with van der Waals surface area (Å²) in [5.41, 5.74) is 9.16. The van der Waals surface area contributed by atoms with Gasteiger partial charge in [0.05, 0.1) is 12.2 Å². The molecular weight excluding hydrogens is 282 g/mol. The lowest BCUT2D eigenvalue weighted by Crippen LogP contribution is -2.08. The zero-order valence-corrected chi connectivity index (χ0v) is 12.5. The Balaban J connectivity index is 0.00000161. The smallest absolute Gasteiger partial charge is 0.123 e. The molecule has 3 aromatic rings. The second-order valence-corrected chi connectivity index (χ2v) is 4.73. The van der Waals surface area contributed by atoms with E-state index in [1.54, 1.807) is 0 Å². The molecule has 0 bridgehead atoms. The van der Waals surface area contributed by atoms with E-state index in [1.807, 2.05) is 36.4 Å². The van der Waals surface area contributed by atoms with Crippen molar-refractivity contribution in [3.8, 4) is 11.3 Å². The first-order valence-electron chi connectivity index (χ1n) is 6.72. The summed E-state index contributed by atoms with van der Waals surface area (Å²) in [6.45, 7) is 1.24. The molecule has 2 aromatic carbocycles. The van der Waals surface area contributed by atoms with E-state index in [2.05, 4.69) is 40.0 Å². The van der Waals surface area contributed by atoms with Gasteiger partial charge in [-0.15, -0.1) is 12.4 Å². The van der Waals surface area contributed by atoms with Gasteiger partial charge in [-0.2, -0.15) is 0 Å². The van der Waals surface area contributed by atoms with Crippen molar-refractivity contribution < 1.29 is 0 Å². The van der Waals surface area contributed by atoms with Gasteiger partial charge < -0.3 is 10.3 Å². The molecule has 0 saturated carbocycles. The van der Waals surface area contributed by atoms with Crippen molar-refractivity contribution >= 4 is 12.4 Å². The molecule has 3 nitrogen and oxygen atoms in total. The summed E-state index contributed by atoms with van der Waals surface area (Å²) in [5, 5.41) is 0. The molecule has 0 spiro atoms. The van der Waals surface area contributed by atoms with Gasteiger partial charge in [-0.1, -0.05) is 60.7 Å². The van der Waals surface area contributed by atoms with Crippen LogP contribution in [0.3, 0.4) is 0 Å². The Bertz CT molecular complexity index is 678. The van der Waals surface area contributed by atoms with E-state index in [4.69, 9.17) is 5.73 Å². The summed E-state index contributed by atoms with van der Waals surface area (Å²) < 4.78 is 2.12. The summed E-state index contributed by atoms with van der Waals surface area (Å²) in [4.78, 5) is 4.63. The highest BCUT2D eigenvalue weighted by molar-refractivity contribution is 5.85. The molecule has 0 amide bonds. The molecule has 0 aliphatic rings. The van der Waals surface area contributed by atoms with Gasteiger partial charge in [0.2, 0.25) is 0 Å². The van der Waals surface area contributed by atoms with Crippen molar-refractivity contribution in [3.63, 3.8) is 0 Å². The number of benzene rings is 2. The molecule has 0 aliphatic heterocycles. The number of halogens is 1. The van der Waals surface area contributed by atoms with Crippen molar-refractivity contribution in [1.82, 2.24) is 9.55 Å². The molecule has 3 rings (SSSR count). The predicted molar refractivity (Wildman–Crippen MR) is 88.3 cm³/mol. The highest BCUT2D eigenvalue weighted by Gasteiger charge is 2.08. The molecule has 1 aromatic heterocycles. The van der Waals surface area contributed by atoms with Crippen LogP contribution < -0.4 is 5.73 Å². The van der Waals surface area contributed by atoms with Gasteiger partial charge in [0.25, 0.3) is 0 Å². The molecule has 0 saturated heterocycles. The summed E-state index contributed by atoms with van der Waals surface area (Å²) in [6, 6.07) is 20.5. The number of hydrogen-bond acceptors (Lipinski definition) is 2. The Morgan fingerprint density at radius 1 is 0.905 bits per heavy atom. The fourth-order valence-electron chi connectivity index (χ4n) is 2.28. The average molecular weight is 300 g/mol. The van der Waals surface area contributed by atoms with E-state index in [0.717, 1.165) is 23.6 Å². The van der Waals surface area contributed by atoms with Crippen LogP contribution in [0.15, 0.2) is 66.9 Å². The van der Waals surface area contributed by atoms with Crippen LogP contribution in [-0.2, 0) is 13.1 Å². The lowest BCUT2D eigenvalue weighted by atomic mass is 10.2. The quantitative estimate of drug-likeness (QED) is 0.801. The minimum absolute atomic E-state index is 0. The molecule has 2 N–H and O–H groups in total. The second kappa shape index (κ2) is 7.07. The van der Waals surface area contributed by atoms with Crippen LogP contribution in [0, 0.1) is 0 Å². The number of rotatable bonds is 4. The molecule has 1 heterocycles. The molecule has 0 aliphatic carbocycles. The Hall–Kier alpha value is -2.10. The van der Waals surface area contributed by atoms with Crippen molar-refractivity contribution in [2.24, 2.45) is 5.73 Å². The van der Waals surface area contributed by atoms with Crippen LogP contribution in [0.5, 0.6) is 0 Å². The first-order valence-corrected chi connectivity index (χ1v) is 6.72. The predicted octanol–water partition coefficient (Wildman–Crippen LogP) is 3.48. The van der Waals surface area contributed by atoms with Gasteiger partial charge in [-0.05, 0) is 5.56 Å². The molecule has 21 heavy (non-hydrogen) atoms. The third kappa shape index (κ3) is 3.51. The maximum atomic E-state index is 5.81. The molecule has 0 atom stereocenters. The fraction of sp³-hybridized carbons (Fsp3) is 0.118. The highest BCUT2D eigenvalue weighted by Crippen LogP contribution is 2.19. The minimum Gasteiger partial charge on any atom is -0.329 e. The van der Waals surface area contributed by atoms with Crippen LogP contribution in [0.1, 0.15) is 11.4 Å². The van der Waals surface area contributed by atoms with Crippen LogP contribution in [0.2, 0.25) is 0 Å². The van der Waals surface area contributed by atoms with E-state index in [1.165, 1.54) is 5.56 Å². The summed E-state index contributed by atoms with van der Waals surface area (Å²) >= 11 is 0. The largest absolute Gasteiger partial charge is 0.329 e. The summed E-state index contributed by atoms with van der Waals surface area (Å²) in [7, 11) is 0. The Morgan fingerprint density at radius 2 is 1.52 bits per heavy atom. The van der Waals surface area contributed by atoms with Crippen LogP contribution >= 0.6 is 12.4 Å². The van der Waals surface area contributed by atoms with Gasteiger partial charge in [0.15, 0.2) is 0 Å². The number of nitrogens with two attached hydrogens (primary N) is 1. The van der Waals surface area contributed by atoms with Crippen molar-refractivity contribution in [1.29, 1.82) is 0 Å². The molecule has 108 valence electrons. The molecule has 4 heteroatoms. The number of aromatic nitrogens is 2. The van der Waals surface area contributed by atoms with Crippen LogP contribution in [0.25, 0.3) is 11.3 Å². The van der Waals surface area contributed by atoms with E-state index in [-0.39, 0.29) is 12.4 Å². The van der Waals surface area contributed by atoms with E-state index in [9.17, 15) is 0 Å². The number of imidazole rings is 1. The lowest BCUT2D eigenvalue weighted by Gasteiger charge is -2.05. The Morgan fingerprint density at radius 3 is 2.14 bits per heavy atom. The van der Waals surface area contributed by atoms with E-state index in [0.29, 0.717) is 6.54 Å². The second-order valence-electron chi connectivity index (χ2n) is 4.73. The summed E-state index contributed by atoms with van der Waals surface area (Å²) in [5.74, 6) is 0.910. The Kier molecular flexibility index (Phi) is 5.14.